The number of nitrogens with zero attached hydrogens (tertiary/aromatic N) is 1. The zero-order chi connectivity index (χ0) is 19.4. The van der Waals surface area contributed by atoms with E-state index in [9.17, 15) is 13.2 Å². The molecule has 0 atom stereocenters. The van der Waals surface area contributed by atoms with Crippen molar-refractivity contribution in [1.29, 1.82) is 0 Å². The number of halogens is 1. The molecule has 0 aliphatic carbocycles. The SMILES string of the molecule is CCN(CC(=O)Nc1ccc(Cl)cc1)S(=O)(=O)c1ccc2ccccc2c1. The van der Waals surface area contributed by atoms with Crippen LogP contribution in [0, 0.1) is 0 Å². The Kier molecular flexibility index (Phi) is 5.79. The van der Waals surface area contributed by atoms with Crippen LogP contribution in [0.25, 0.3) is 10.8 Å². The van der Waals surface area contributed by atoms with Crippen LogP contribution in [0.3, 0.4) is 0 Å². The summed E-state index contributed by atoms with van der Waals surface area (Å²) in [6.45, 7) is 1.62. The van der Waals surface area contributed by atoms with Gasteiger partial charge in [-0.1, -0.05) is 48.9 Å². The highest BCUT2D eigenvalue weighted by molar-refractivity contribution is 7.89. The molecule has 3 aromatic rings. The minimum Gasteiger partial charge on any atom is -0.325 e. The van der Waals surface area contributed by atoms with Gasteiger partial charge in [-0.2, -0.15) is 4.31 Å². The zero-order valence-electron chi connectivity index (χ0n) is 14.7. The molecule has 3 rings (SSSR count). The van der Waals surface area contributed by atoms with Crippen LogP contribution < -0.4 is 5.32 Å². The summed E-state index contributed by atoms with van der Waals surface area (Å²) >= 11 is 5.82. The van der Waals surface area contributed by atoms with Crippen molar-refractivity contribution in [3.63, 3.8) is 0 Å². The monoisotopic (exact) mass is 402 g/mol. The average Bonchev–Trinajstić information content (AvgIpc) is 2.67. The van der Waals surface area contributed by atoms with E-state index in [-0.39, 0.29) is 18.0 Å². The number of carbonyl (C=O) groups excluding carboxylic acids is 1. The summed E-state index contributed by atoms with van der Waals surface area (Å²) in [5.41, 5.74) is 0.559. The predicted octanol–water partition coefficient (Wildman–Crippen LogP) is 4.14. The largest absolute Gasteiger partial charge is 0.325 e. The number of sulfonamides is 1. The van der Waals surface area contributed by atoms with Crippen LogP contribution in [0.4, 0.5) is 5.69 Å². The molecule has 0 unspecified atom stereocenters. The fourth-order valence-corrected chi connectivity index (χ4v) is 4.30. The van der Waals surface area contributed by atoms with E-state index >= 15 is 0 Å². The predicted molar refractivity (Wildman–Crippen MR) is 108 cm³/mol. The standard InChI is InChI=1S/C20H19ClN2O3S/c1-2-23(14-20(24)22-18-10-8-17(21)9-11-18)27(25,26)19-12-7-15-5-3-4-6-16(15)13-19/h3-13H,2,14H2,1H3,(H,22,24). The number of benzene rings is 3. The molecule has 0 heterocycles. The third-order valence-electron chi connectivity index (χ3n) is 4.16. The first-order chi connectivity index (χ1) is 12.9. The van der Waals surface area contributed by atoms with Gasteiger partial charge >= 0.3 is 0 Å². The summed E-state index contributed by atoms with van der Waals surface area (Å²) < 4.78 is 27.1. The molecule has 140 valence electrons. The van der Waals surface area contributed by atoms with Gasteiger partial charge in [0.2, 0.25) is 15.9 Å². The van der Waals surface area contributed by atoms with Crippen LogP contribution in [0.5, 0.6) is 0 Å². The number of nitrogens with one attached hydrogen (secondary N) is 1. The lowest BCUT2D eigenvalue weighted by molar-refractivity contribution is -0.116. The van der Waals surface area contributed by atoms with E-state index in [1.165, 1.54) is 0 Å². The normalized spacial score (nSPS) is 11.7. The third-order valence-corrected chi connectivity index (χ3v) is 6.33. The second-order valence-corrected chi connectivity index (χ2v) is 8.37. The summed E-state index contributed by atoms with van der Waals surface area (Å²) in [6.07, 6.45) is 0. The molecule has 0 saturated heterocycles. The number of fused-ring (bicyclic) bond motifs is 1. The van der Waals surface area contributed by atoms with Gasteiger partial charge in [-0.15, -0.1) is 0 Å². The minimum absolute atomic E-state index is 0.169. The smallest absolute Gasteiger partial charge is 0.243 e. The summed E-state index contributed by atoms with van der Waals surface area (Å²) in [6, 6.07) is 19.1. The van der Waals surface area contributed by atoms with Crippen molar-refractivity contribution < 1.29 is 13.2 Å². The Balaban J connectivity index is 1.79. The number of amides is 1. The third kappa shape index (κ3) is 4.47. The molecule has 0 saturated carbocycles. The van der Waals surface area contributed by atoms with Gasteiger partial charge in [0, 0.05) is 17.3 Å². The van der Waals surface area contributed by atoms with Crippen LogP contribution in [-0.4, -0.2) is 31.7 Å². The molecule has 0 radical (unpaired) electrons. The highest BCUT2D eigenvalue weighted by Gasteiger charge is 2.25. The molecule has 3 aromatic carbocycles. The molecule has 0 aromatic heterocycles. The van der Waals surface area contributed by atoms with Gasteiger partial charge in [0.25, 0.3) is 0 Å². The zero-order valence-corrected chi connectivity index (χ0v) is 16.3. The maximum atomic E-state index is 13.0. The molecular weight excluding hydrogens is 384 g/mol. The van der Waals surface area contributed by atoms with E-state index in [0.29, 0.717) is 10.7 Å². The number of hydrogen-bond donors (Lipinski definition) is 1. The molecule has 7 heteroatoms. The maximum absolute atomic E-state index is 13.0. The Labute approximate surface area is 163 Å². The lowest BCUT2D eigenvalue weighted by atomic mass is 10.1. The molecule has 0 aliphatic rings. The topological polar surface area (TPSA) is 66.5 Å². The Morgan fingerprint density at radius 2 is 1.67 bits per heavy atom. The Morgan fingerprint density at radius 1 is 1.00 bits per heavy atom. The maximum Gasteiger partial charge on any atom is 0.243 e. The lowest BCUT2D eigenvalue weighted by Crippen LogP contribution is -2.37. The van der Waals surface area contributed by atoms with E-state index < -0.39 is 15.9 Å². The second-order valence-electron chi connectivity index (χ2n) is 6.00. The van der Waals surface area contributed by atoms with Gasteiger partial charge in [0.05, 0.1) is 11.4 Å². The van der Waals surface area contributed by atoms with Crippen molar-refractivity contribution in [2.75, 3.05) is 18.4 Å². The van der Waals surface area contributed by atoms with Crippen LogP contribution in [0.15, 0.2) is 71.6 Å². The molecule has 0 aliphatic heterocycles. The fourth-order valence-electron chi connectivity index (χ4n) is 2.74. The average molecular weight is 403 g/mol. The summed E-state index contributed by atoms with van der Waals surface area (Å²) in [5.74, 6) is -0.413. The minimum atomic E-state index is -3.79. The fraction of sp³-hybridized carbons (Fsp3) is 0.150. The first-order valence-corrected chi connectivity index (χ1v) is 10.3. The number of rotatable bonds is 6. The number of carbonyl (C=O) groups is 1. The number of anilines is 1. The second kappa shape index (κ2) is 8.08. The molecule has 0 bridgehead atoms. The molecule has 1 N–H and O–H groups in total. The summed E-state index contributed by atoms with van der Waals surface area (Å²) in [5, 5.41) is 5.03. The van der Waals surface area contributed by atoms with Crippen LogP contribution in [-0.2, 0) is 14.8 Å². The van der Waals surface area contributed by atoms with E-state index in [2.05, 4.69) is 5.32 Å². The molecule has 0 fully saturated rings. The first-order valence-electron chi connectivity index (χ1n) is 8.44. The molecule has 0 spiro atoms. The molecular formula is C20H19ClN2O3S. The van der Waals surface area contributed by atoms with Crippen molar-refractivity contribution in [1.82, 2.24) is 4.31 Å². The van der Waals surface area contributed by atoms with Crippen molar-refractivity contribution >= 4 is 44.0 Å². The Bertz CT molecular complexity index is 1070. The van der Waals surface area contributed by atoms with Crippen molar-refractivity contribution in [3.8, 4) is 0 Å². The lowest BCUT2D eigenvalue weighted by Gasteiger charge is -2.20. The van der Waals surface area contributed by atoms with Crippen LogP contribution in [0.1, 0.15) is 6.92 Å². The van der Waals surface area contributed by atoms with Gasteiger partial charge in [-0.3, -0.25) is 4.79 Å². The number of likely N-dealkylation sites (N-methyl/N-ethyl adjacent to an activating group) is 1. The van der Waals surface area contributed by atoms with Crippen molar-refractivity contribution in [2.24, 2.45) is 0 Å². The molecule has 27 heavy (non-hydrogen) atoms. The molecule has 5 nitrogen and oxygen atoms in total. The highest BCUT2D eigenvalue weighted by Crippen LogP contribution is 2.22. The van der Waals surface area contributed by atoms with Gasteiger partial charge < -0.3 is 5.32 Å². The number of hydrogen-bond acceptors (Lipinski definition) is 3. The summed E-state index contributed by atoms with van der Waals surface area (Å²) in [4.78, 5) is 12.5. The Morgan fingerprint density at radius 3 is 2.33 bits per heavy atom. The van der Waals surface area contributed by atoms with Crippen LogP contribution in [0.2, 0.25) is 5.02 Å². The van der Waals surface area contributed by atoms with Gasteiger partial charge in [0.15, 0.2) is 0 Å². The van der Waals surface area contributed by atoms with Crippen molar-refractivity contribution in [2.45, 2.75) is 11.8 Å². The van der Waals surface area contributed by atoms with E-state index in [0.717, 1.165) is 15.1 Å². The van der Waals surface area contributed by atoms with Crippen LogP contribution >= 0.6 is 11.6 Å². The van der Waals surface area contributed by atoms with Gasteiger partial charge in [-0.25, -0.2) is 8.42 Å². The van der Waals surface area contributed by atoms with E-state index in [1.54, 1.807) is 49.4 Å². The van der Waals surface area contributed by atoms with Crippen molar-refractivity contribution in [3.05, 3.63) is 71.8 Å². The highest BCUT2D eigenvalue weighted by atomic mass is 35.5. The quantitative estimate of drug-likeness (QED) is 0.673. The first kappa shape index (κ1) is 19.4. The van der Waals surface area contributed by atoms with Gasteiger partial charge in [-0.05, 0) is 47.2 Å². The van der Waals surface area contributed by atoms with E-state index in [1.807, 2.05) is 24.3 Å². The summed E-state index contributed by atoms with van der Waals surface area (Å²) in [7, 11) is -3.79. The van der Waals surface area contributed by atoms with E-state index in [4.69, 9.17) is 11.6 Å². The van der Waals surface area contributed by atoms with Gasteiger partial charge in [0.1, 0.15) is 0 Å². The molecule has 1 amide bonds. The Hall–Kier alpha value is -2.41.